The fraction of sp³-hybridized carbons (Fsp3) is 0.688. The van der Waals surface area contributed by atoms with Gasteiger partial charge in [-0.15, -0.1) is 0 Å². The molecule has 6 unspecified atom stereocenters. The highest BCUT2D eigenvalue weighted by Crippen LogP contribution is 2.66. The van der Waals surface area contributed by atoms with Gasteiger partial charge in [-0.1, -0.05) is 12.8 Å². The van der Waals surface area contributed by atoms with Crippen molar-refractivity contribution < 1.29 is 65.8 Å². The second-order valence-electron chi connectivity index (χ2n) is 7.98. The topological polar surface area (TPSA) is 315 Å². The molecule has 23 heteroatoms. The smallest absolute Gasteiger partial charge is 0.440 e. The van der Waals surface area contributed by atoms with Crippen LogP contribution >= 0.6 is 23.5 Å². The molecule has 0 bridgehead atoms. The number of nitrogen functional groups attached to an aromatic ring is 1. The first-order valence-corrected chi connectivity index (χ1v) is 15.7. The molecular weight excluding hydrogens is 595 g/mol. The highest BCUT2D eigenvalue weighted by Gasteiger charge is 2.49. The number of aromatic nitrogens is 2. The van der Waals surface area contributed by atoms with Crippen molar-refractivity contribution in [3.8, 4) is 0 Å². The summed E-state index contributed by atoms with van der Waals surface area (Å²) >= 11 is 0. The molecule has 0 saturated carbocycles. The van der Waals surface area contributed by atoms with Gasteiger partial charge in [-0.2, -0.15) is 13.6 Å². The third-order valence-corrected chi connectivity index (χ3v) is 8.70. The molecule has 0 radical (unpaired) electrons. The van der Waals surface area contributed by atoms with Gasteiger partial charge in [0.2, 0.25) is 0 Å². The molecule has 20 nitrogen and oxygen atoms in total. The standard InChI is InChI=1S/C16H30N5O15P3/c17-6-3-1-2-4-7-19-16(24)34-13-10(9-32-38(28,29)36-39(30,31)35-37(25,26)27)33-14(12(13)22)21-8-5-11(18)20-15(21)23/h5,8,10,12-14,22H,1-4,6-7,9,17H2,(H,19,24)(H,28,29)(H,30,31)(H2,18,20,23)(H2,25,26,27). The molecule has 1 amide bonds. The number of hydrogen-bond acceptors (Lipinski definition) is 14. The summed E-state index contributed by atoms with van der Waals surface area (Å²) in [5, 5.41) is 13.2. The quantitative estimate of drug-likeness (QED) is 0.0859. The Morgan fingerprint density at radius 3 is 2.38 bits per heavy atom. The van der Waals surface area contributed by atoms with Crippen LogP contribution in [0.25, 0.3) is 0 Å². The lowest BCUT2D eigenvalue weighted by atomic mass is 10.1. The Morgan fingerprint density at radius 1 is 1.10 bits per heavy atom. The lowest BCUT2D eigenvalue weighted by Crippen LogP contribution is -2.42. The van der Waals surface area contributed by atoms with Crippen LogP contribution in [0.2, 0.25) is 0 Å². The zero-order chi connectivity index (χ0) is 29.4. The Kier molecular flexibility index (Phi) is 12.2. The number of anilines is 1. The maximum Gasteiger partial charge on any atom is 0.490 e. The molecule has 39 heavy (non-hydrogen) atoms. The van der Waals surface area contributed by atoms with E-state index in [0.717, 1.165) is 30.0 Å². The first-order valence-electron chi connectivity index (χ1n) is 11.1. The van der Waals surface area contributed by atoms with Gasteiger partial charge < -0.3 is 50.9 Å². The summed E-state index contributed by atoms with van der Waals surface area (Å²) in [5.41, 5.74) is 9.89. The van der Waals surface area contributed by atoms with E-state index in [-0.39, 0.29) is 12.4 Å². The Labute approximate surface area is 220 Å². The Balaban J connectivity index is 2.13. The van der Waals surface area contributed by atoms with Gasteiger partial charge in [-0.3, -0.25) is 9.09 Å². The zero-order valence-corrected chi connectivity index (χ0v) is 22.8. The molecule has 1 fully saturated rings. The summed E-state index contributed by atoms with van der Waals surface area (Å²) in [7, 11) is -17.0. The van der Waals surface area contributed by atoms with Crippen molar-refractivity contribution in [2.75, 3.05) is 25.4 Å². The van der Waals surface area contributed by atoms with Crippen LogP contribution in [-0.2, 0) is 36.3 Å². The minimum Gasteiger partial charge on any atom is -0.440 e. The van der Waals surface area contributed by atoms with E-state index >= 15 is 0 Å². The van der Waals surface area contributed by atoms with Crippen LogP contribution in [0.5, 0.6) is 0 Å². The van der Waals surface area contributed by atoms with Gasteiger partial charge in [-0.05, 0) is 25.5 Å². The van der Waals surface area contributed by atoms with E-state index in [9.17, 15) is 38.2 Å². The van der Waals surface area contributed by atoms with Crippen molar-refractivity contribution in [2.24, 2.45) is 5.73 Å². The molecule has 224 valence electrons. The number of unbranched alkanes of at least 4 members (excludes halogenated alkanes) is 3. The number of aliphatic hydroxyl groups is 1. The van der Waals surface area contributed by atoms with Crippen LogP contribution in [0.1, 0.15) is 31.9 Å². The fourth-order valence-electron chi connectivity index (χ4n) is 3.30. The van der Waals surface area contributed by atoms with Crippen LogP contribution < -0.4 is 22.5 Å². The predicted octanol–water partition coefficient (Wildman–Crippen LogP) is -0.959. The number of rotatable bonds is 15. The minimum absolute atomic E-state index is 0.147. The van der Waals surface area contributed by atoms with E-state index < -0.39 is 66.4 Å². The van der Waals surface area contributed by atoms with Crippen molar-refractivity contribution in [3.63, 3.8) is 0 Å². The van der Waals surface area contributed by atoms with E-state index in [1.165, 1.54) is 6.07 Å². The van der Waals surface area contributed by atoms with Gasteiger partial charge >= 0.3 is 35.3 Å². The molecule has 0 aromatic carbocycles. The van der Waals surface area contributed by atoms with Gasteiger partial charge in [0.05, 0.1) is 6.61 Å². The molecular formula is C16H30N5O15P3. The number of amides is 1. The molecule has 6 atom stereocenters. The van der Waals surface area contributed by atoms with E-state index in [1.807, 2.05) is 0 Å². The van der Waals surface area contributed by atoms with Crippen LogP contribution in [0.3, 0.4) is 0 Å². The second kappa shape index (κ2) is 14.2. The van der Waals surface area contributed by atoms with Gasteiger partial charge in [0, 0.05) is 12.7 Å². The Hall–Kier alpha value is -1.76. The summed E-state index contributed by atoms with van der Waals surface area (Å²) < 4.78 is 57.6. The number of alkyl carbamates (subject to hydrolysis) is 1. The second-order valence-corrected chi connectivity index (χ2v) is 12.4. The predicted molar refractivity (Wildman–Crippen MR) is 128 cm³/mol. The molecule has 0 aliphatic carbocycles. The molecule has 1 aliphatic heterocycles. The van der Waals surface area contributed by atoms with Crippen LogP contribution in [0.15, 0.2) is 17.1 Å². The highest BCUT2D eigenvalue weighted by atomic mass is 31.3. The number of nitrogens with two attached hydrogens (primary N) is 2. The average Bonchev–Trinajstić information content (AvgIpc) is 3.07. The molecule has 2 rings (SSSR count). The van der Waals surface area contributed by atoms with Crippen LogP contribution in [0.4, 0.5) is 10.6 Å². The fourth-order valence-corrected chi connectivity index (χ4v) is 6.33. The van der Waals surface area contributed by atoms with Crippen LogP contribution in [-0.4, -0.2) is 78.3 Å². The molecule has 2 heterocycles. The number of phosphoric acid groups is 3. The molecule has 0 spiro atoms. The first kappa shape index (κ1) is 33.4. The normalized spacial score (nSPS) is 24.6. The highest BCUT2D eigenvalue weighted by molar-refractivity contribution is 7.66. The number of ether oxygens (including phenoxy) is 2. The number of carbonyl (C=O) groups excluding carboxylic acids is 1. The summed E-state index contributed by atoms with van der Waals surface area (Å²) in [5.74, 6) is -0.147. The largest absolute Gasteiger partial charge is 0.490 e. The third-order valence-electron chi connectivity index (χ3n) is 4.90. The molecule has 1 aliphatic rings. The van der Waals surface area contributed by atoms with Gasteiger partial charge in [0.1, 0.15) is 18.0 Å². The van der Waals surface area contributed by atoms with Crippen molar-refractivity contribution in [1.29, 1.82) is 0 Å². The number of hydrogen-bond donors (Lipinski definition) is 8. The average molecular weight is 625 g/mol. The van der Waals surface area contributed by atoms with Gasteiger partial charge in [-0.25, -0.2) is 23.3 Å². The molecule has 1 aromatic rings. The van der Waals surface area contributed by atoms with Gasteiger partial charge in [0.15, 0.2) is 12.3 Å². The number of aliphatic hydroxyl groups excluding tert-OH is 1. The Bertz CT molecular complexity index is 1180. The number of phosphoric ester groups is 1. The number of carbonyl (C=O) groups is 1. The van der Waals surface area contributed by atoms with Crippen molar-refractivity contribution in [2.45, 2.75) is 50.2 Å². The van der Waals surface area contributed by atoms with Crippen molar-refractivity contribution >= 4 is 35.4 Å². The number of nitrogens with one attached hydrogen (secondary N) is 1. The number of nitrogens with zero attached hydrogens (tertiary/aromatic N) is 2. The first-order chi connectivity index (χ1) is 18.0. The summed E-state index contributed by atoms with van der Waals surface area (Å²) in [4.78, 5) is 64.2. The summed E-state index contributed by atoms with van der Waals surface area (Å²) in [6, 6.07) is 1.20. The van der Waals surface area contributed by atoms with Crippen LogP contribution in [0, 0.1) is 0 Å². The van der Waals surface area contributed by atoms with Crippen molar-refractivity contribution in [3.05, 3.63) is 22.7 Å². The van der Waals surface area contributed by atoms with Crippen molar-refractivity contribution in [1.82, 2.24) is 14.9 Å². The SMILES string of the molecule is NCCCCCCNC(=O)OC1C(COP(=O)(O)OP(=O)(O)OP(=O)(O)O)OC(n2ccc(N)nc2=O)C1O. The molecule has 1 saturated heterocycles. The lowest BCUT2D eigenvalue weighted by Gasteiger charge is -2.22. The minimum atomic E-state index is -5.80. The maximum atomic E-state index is 12.3. The lowest BCUT2D eigenvalue weighted by molar-refractivity contribution is -0.0545. The van der Waals surface area contributed by atoms with E-state index in [0.29, 0.717) is 13.0 Å². The maximum absolute atomic E-state index is 12.3. The zero-order valence-electron chi connectivity index (χ0n) is 20.1. The third kappa shape index (κ3) is 11.3. The monoisotopic (exact) mass is 625 g/mol. The Morgan fingerprint density at radius 2 is 1.77 bits per heavy atom. The molecule has 1 aromatic heterocycles. The van der Waals surface area contributed by atoms with E-state index in [2.05, 4.69) is 23.4 Å². The summed E-state index contributed by atoms with van der Waals surface area (Å²) in [6.45, 7) is -0.333. The summed E-state index contributed by atoms with van der Waals surface area (Å²) in [6.07, 6.45) is -3.44. The van der Waals surface area contributed by atoms with Gasteiger partial charge in [0.25, 0.3) is 0 Å². The van der Waals surface area contributed by atoms with E-state index in [1.54, 1.807) is 0 Å². The molecule has 10 N–H and O–H groups in total. The van der Waals surface area contributed by atoms with E-state index in [4.69, 9.17) is 30.7 Å².